The van der Waals surface area contributed by atoms with Crippen LogP contribution in [0.25, 0.3) is 10.1 Å². The standard InChI is InChI=1S/C17H11ClN2OS/c18-15-13-6-1-2-7-14(13)22-16(15)17(21)20-10-12-5-3-4-11(8-12)9-19/h1-8H,10H2,(H,20,21). The summed E-state index contributed by atoms with van der Waals surface area (Å²) in [6.45, 7) is 0.360. The highest BCUT2D eigenvalue weighted by Crippen LogP contribution is 2.34. The Labute approximate surface area is 136 Å². The summed E-state index contributed by atoms with van der Waals surface area (Å²) in [7, 11) is 0. The summed E-state index contributed by atoms with van der Waals surface area (Å²) in [6.07, 6.45) is 0. The molecule has 0 bridgehead atoms. The van der Waals surface area contributed by atoms with Crippen LogP contribution in [0, 0.1) is 11.3 Å². The zero-order valence-corrected chi connectivity index (χ0v) is 13.0. The zero-order valence-electron chi connectivity index (χ0n) is 11.5. The third-order valence-corrected chi connectivity index (χ3v) is 4.92. The zero-order chi connectivity index (χ0) is 15.5. The number of rotatable bonds is 3. The van der Waals surface area contributed by atoms with Crippen molar-refractivity contribution >= 4 is 38.9 Å². The van der Waals surface area contributed by atoms with Crippen molar-refractivity contribution in [2.75, 3.05) is 0 Å². The lowest BCUT2D eigenvalue weighted by Gasteiger charge is -2.04. The molecule has 5 heteroatoms. The van der Waals surface area contributed by atoms with E-state index in [4.69, 9.17) is 16.9 Å². The molecule has 0 aliphatic carbocycles. The molecular weight excluding hydrogens is 316 g/mol. The Balaban J connectivity index is 1.79. The minimum Gasteiger partial charge on any atom is -0.347 e. The molecule has 0 radical (unpaired) electrons. The van der Waals surface area contributed by atoms with E-state index < -0.39 is 0 Å². The summed E-state index contributed by atoms with van der Waals surface area (Å²) in [4.78, 5) is 12.8. The number of amides is 1. The number of nitrogens with one attached hydrogen (secondary N) is 1. The second-order valence-corrected chi connectivity index (χ2v) is 6.17. The fourth-order valence-corrected chi connectivity index (χ4v) is 3.61. The van der Waals surface area contributed by atoms with E-state index in [1.807, 2.05) is 30.3 Å². The number of hydrogen-bond acceptors (Lipinski definition) is 3. The van der Waals surface area contributed by atoms with Gasteiger partial charge in [-0.05, 0) is 23.8 Å². The predicted octanol–water partition coefficient (Wildman–Crippen LogP) is 4.36. The van der Waals surface area contributed by atoms with Gasteiger partial charge in [-0.1, -0.05) is 41.9 Å². The van der Waals surface area contributed by atoms with Gasteiger partial charge in [-0.2, -0.15) is 5.26 Å². The topological polar surface area (TPSA) is 52.9 Å². The van der Waals surface area contributed by atoms with Crippen molar-refractivity contribution in [2.24, 2.45) is 0 Å². The lowest BCUT2D eigenvalue weighted by atomic mass is 10.1. The van der Waals surface area contributed by atoms with E-state index in [9.17, 15) is 4.79 Å². The smallest absolute Gasteiger partial charge is 0.263 e. The Hall–Kier alpha value is -2.35. The molecule has 3 rings (SSSR count). The van der Waals surface area contributed by atoms with Crippen molar-refractivity contribution in [2.45, 2.75) is 6.54 Å². The van der Waals surface area contributed by atoms with Crippen molar-refractivity contribution in [1.82, 2.24) is 5.32 Å². The van der Waals surface area contributed by atoms with Crippen LogP contribution in [0.2, 0.25) is 5.02 Å². The third kappa shape index (κ3) is 2.82. The maximum atomic E-state index is 12.3. The first kappa shape index (κ1) is 14.6. The van der Waals surface area contributed by atoms with Crippen molar-refractivity contribution in [1.29, 1.82) is 5.26 Å². The van der Waals surface area contributed by atoms with Crippen LogP contribution in [0.1, 0.15) is 20.8 Å². The molecule has 0 fully saturated rings. The van der Waals surface area contributed by atoms with Gasteiger partial charge in [0, 0.05) is 16.6 Å². The molecule has 0 atom stereocenters. The summed E-state index contributed by atoms with van der Waals surface area (Å²) in [6, 6.07) is 16.9. The molecule has 1 amide bonds. The SMILES string of the molecule is N#Cc1cccc(CNC(=O)c2sc3ccccc3c2Cl)c1. The number of nitrogens with zero attached hydrogens (tertiary/aromatic N) is 1. The first-order valence-corrected chi connectivity index (χ1v) is 7.83. The highest BCUT2D eigenvalue weighted by Gasteiger charge is 2.16. The van der Waals surface area contributed by atoms with Gasteiger partial charge in [-0.3, -0.25) is 4.79 Å². The number of nitriles is 1. The molecule has 0 unspecified atom stereocenters. The van der Waals surface area contributed by atoms with Crippen LogP contribution in [0.15, 0.2) is 48.5 Å². The first-order valence-electron chi connectivity index (χ1n) is 6.63. The van der Waals surface area contributed by atoms with Crippen LogP contribution >= 0.6 is 22.9 Å². The number of carbonyl (C=O) groups is 1. The number of fused-ring (bicyclic) bond motifs is 1. The number of benzene rings is 2. The molecule has 0 saturated heterocycles. The van der Waals surface area contributed by atoms with E-state index in [-0.39, 0.29) is 5.91 Å². The Morgan fingerprint density at radius 1 is 1.23 bits per heavy atom. The molecule has 0 aliphatic rings. The van der Waals surface area contributed by atoms with Crippen molar-refractivity contribution < 1.29 is 4.79 Å². The molecular formula is C17H11ClN2OS. The van der Waals surface area contributed by atoms with E-state index >= 15 is 0 Å². The summed E-state index contributed by atoms with van der Waals surface area (Å²) in [5.74, 6) is -0.200. The number of hydrogen-bond donors (Lipinski definition) is 1. The Kier molecular flexibility index (Phi) is 4.10. The molecule has 0 saturated carbocycles. The van der Waals surface area contributed by atoms with Crippen LogP contribution in [0.4, 0.5) is 0 Å². The normalized spacial score (nSPS) is 10.4. The van der Waals surface area contributed by atoms with Crippen LogP contribution < -0.4 is 5.32 Å². The summed E-state index contributed by atoms with van der Waals surface area (Å²) in [5, 5.41) is 13.1. The second kappa shape index (κ2) is 6.18. The molecule has 0 aliphatic heterocycles. The number of carbonyl (C=O) groups excluding carboxylic acids is 1. The first-order chi connectivity index (χ1) is 10.7. The molecule has 108 valence electrons. The highest BCUT2D eigenvalue weighted by atomic mass is 35.5. The molecule has 1 aromatic heterocycles. The molecule has 0 spiro atoms. The number of thiophene rings is 1. The lowest BCUT2D eigenvalue weighted by molar-refractivity contribution is 0.0955. The van der Waals surface area contributed by atoms with E-state index in [0.717, 1.165) is 15.6 Å². The van der Waals surface area contributed by atoms with Gasteiger partial charge >= 0.3 is 0 Å². The molecule has 22 heavy (non-hydrogen) atoms. The van der Waals surface area contributed by atoms with Crippen LogP contribution in [-0.2, 0) is 6.54 Å². The van der Waals surface area contributed by atoms with Crippen LogP contribution in [-0.4, -0.2) is 5.91 Å². The van der Waals surface area contributed by atoms with Gasteiger partial charge < -0.3 is 5.32 Å². The minimum atomic E-state index is -0.200. The van der Waals surface area contributed by atoms with E-state index in [1.165, 1.54) is 11.3 Å². The van der Waals surface area contributed by atoms with Gasteiger partial charge in [-0.25, -0.2) is 0 Å². The Bertz CT molecular complexity index is 895. The van der Waals surface area contributed by atoms with E-state index in [1.54, 1.807) is 18.2 Å². The van der Waals surface area contributed by atoms with Gasteiger partial charge in [0.15, 0.2) is 0 Å². The highest BCUT2D eigenvalue weighted by molar-refractivity contribution is 7.21. The van der Waals surface area contributed by atoms with Crippen molar-refractivity contribution in [3.63, 3.8) is 0 Å². The summed E-state index contributed by atoms with van der Waals surface area (Å²) in [5.41, 5.74) is 1.45. The monoisotopic (exact) mass is 326 g/mol. The Morgan fingerprint density at radius 2 is 2.05 bits per heavy atom. The maximum absolute atomic E-state index is 12.3. The summed E-state index contributed by atoms with van der Waals surface area (Å²) < 4.78 is 0.990. The second-order valence-electron chi connectivity index (χ2n) is 4.74. The number of halogens is 1. The van der Waals surface area contributed by atoms with Crippen LogP contribution in [0.3, 0.4) is 0 Å². The van der Waals surface area contributed by atoms with Crippen LogP contribution in [0.5, 0.6) is 0 Å². The van der Waals surface area contributed by atoms with E-state index in [2.05, 4.69) is 11.4 Å². The lowest BCUT2D eigenvalue weighted by Crippen LogP contribution is -2.22. The van der Waals surface area contributed by atoms with Gasteiger partial charge in [0.2, 0.25) is 0 Å². The fraction of sp³-hybridized carbons (Fsp3) is 0.0588. The van der Waals surface area contributed by atoms with Gasteiger partial charge in [0.25, 0.3) is 5.91 Å². The fourth-order valence-electron chi connectivity index (χ4n) is 2.17. The van der Waals surface area contributed by atoms with E-state index in [0.29, 0.717) is 22.0 Å². The minimum absolute atomic E-state index is 0.200. The molecule has 1 heterocycles. The summed E-state index contributed by atoms with van der Waals surface area (Å²) >= 11 is 7.67. The van der Waals surface area contributed by atoms with Gasteiger partial charge in [0.05, 0.1) is 16.7 Å². The molecule has 3 aromatic rings. The largest absolute Gasteiger partial charge is 0.347 e. The molecule has 3 nitrogen and oxygen atoms in total. The molecule has 1 N–H and O–H groups in total. The van der Waals surface area contributed by atoms with Crippen molar-refractivity contribution in [3.8, 4) is 6.07 Å². The average Bonchev–Trinajstić information content (AvgIpc) is 2.90. The maximum Gasteiger partial charge on any atom is 0.263 e. The van der Waals surface area contributed by atoms with Crippen molar-refractivity contribution in [3.05, 3.63) is 69.6 Å². The third-order valence-electron chi connectivity index (χ3n) is 3.25. The molecule has 2 aromatic carbocycles. The van der Waals surface area contributed by atoms with Gasteiger partial charge in [0.1, 0.15) is 4.88 Å². The Morgan fingerprint density at radius 3 is 2.82 bits per heavy atom. The average molecular weight is 327 g/mol. The van der Waals surface area contributed by atoms with Gasteiger partial charge in [-0.15, -0.1) is 11.3 Å². The predicted molar refractivity (Wildman–Crippen MR) is 89.2 cm³/mol. The quantitative estimate of drug-likeness (QED) is 0.777.